The average molecular weight is 249 g/mol. The third-order valence-corrected chi connectivity index (χ3v) is 3.60. The van der Waals surface area contributed by atoms with Crippen LogP contribution in [-0.2, 0) is 0 Å². The second-order valence-corrected chi connectivity index (χ2v) is 7.12. The lowest BCUT2D eigenvalue weighted by Gasteiger charge is -2.39. The highest BCUT2D eigenvalue weighted by Crippen LogP contribution is 2.47. The van der Waals surface area contributed by atoms with Gasteiger partial charge < -0.3 is 0 Å². The fourth-order valence-electron chi connectivity index (χ4n) is 3.26. The summed E-state index contributed by atoms with van der Waals surface area (Å²) in [5.41, 5.74) is 3.36. The monoisotopic (exact) mass is 248 g/mol. The Bertz CT molecular complexity index is 452. The first-order valence-electron chi connectivity index (χ1n) is 6.25. The highest BCUT2D eigenvalue weighted by Gasteiger charge is 2.33. The van der Waals surface area contributed by atoms with Gasteiger partial charge in [-0.05, 0) is 46.9 Å². The van der Waals surface area contributed by atoms with Crippen LogP contribution in [0.5, 0.6) is 0 Å². The van der Waals surface area contributed by atoms with Crippen LogP contribution in [0.15, 0.2) is 30.3 Å². The zero-order chi connectivity index (χ0) is 12.7. The van der Waals surface area contributed by atoms with Crippen LogP contribution in [0.3, 0.4) is 0 Å². The van der Waals surface area contributed by atoms with Crippen LogP contribution in [0.4, 0.5) is 0 Å². The van der Waals surface area contributed by atoms with Gasteiger partial charge in [-0.3, -0.25) is 0 Å². The summed E-state index contributed by atoms with van der Waals surface area (Å²) in [5, 5.41) is 0.824. The largest absolute Gasteiger partial charge is 0.0843 e. The van der Waals surface area contributed by atoms with Crippen LogP contribution in [0.2, 0.25) is 5.02 Å². The van der Waals surface area contributed by atoms with E-state index in [0.717, 1.165) is 11.4 Å². The minimum atomic E-state index is 0.277. The molecule has 1 aromatic carbocycles. The van der Waals surface area contributed by atoms with Crippen molar-refractivity contribution in [3.63, 3.8) is 0 Å². The lowest BCUT2D eigenvalue weighted by molar-refractivity contribution is 0.229. The minimum Gasteiger partial charge on any atom is -0.0843 e. The maximum absolute atomic E-state index is 6.08. The van der Waals surface area contributed by atoms with Gasteiger partial charge in [0.2, 0.25) is 0 Å². The maximum Gasteiger partial charge on any atom is 0.0412 e. The topological polar surface area (TPSA) is 0 Å². The van der Waals surface area contributed by atoms with Crippen molar-refractivity contribution >= 4 is 17.2 Å². The van der Waals surface area contributed by atoms with E-state index in [9.17, 15) is 0 Å². The molecule has 0 unspecified atom stereocenters. The quantitative estimate of drug-likeness (QED) is 0.610. The molecule has 0 heterocycles. The van der Waals surface area contributed by atoms with Gasteiger partial charge in [0.15, 0.2) is 0 Å². The van der Waals surface area contributed by atoms with Crippen molar-refractivity contribution in [2.75, 3.05) is 0 Å². The summed E-state index contributed by atoms with van der Waals surface area (Å²) in [7, 11) is 0. The smallest absolute Gasteiger partial charge is 0.0412 e. The van der Waals surface area contributed by atoms with Crippen LogP contribution in [0.25, 0.3) is 5.57 Å². The molecule has 0 aliphatic heterocycles. The third kappa shape index (κ3) is 3.13. The Balaban J connectivity index is 2.41. The minimum absolute atomic E-state index is 0.277. The summed E-state index contributed by atoms with van der Waals surface area (Å²) >= 11 is 6.08. The Hall–Kier alpha value is -0.750. The Kier molecular flexibility index (Phi) is 3.12. The first-order valence-corrected chi connectivity index (χ1v) is 6.63. The standard InChI is InChI=1S/C16H21Cl/c1-15(2)9-13(10-16(3,4)11-15)12-6-5-7-14(17)8-12/h5-9H,10-11H2,1-4H3. The molecule has 1 heteroatoms. The van der Waals surface area contributed by atoms with Gasteiger partial charge in [-0.25, -0.2) is 0 Å². The number of hydrogen-bond donors (Lipinski definition) is 0. The summed E-state index contributed by atoms with van der Waals surface area (Å²) in [6.07, 6.45) is 4.80. The molecular weight excluding hydrogens is 228 g/mol. The molecule has 1 aliphatic carbocycles. The van der Waals surface area contributed by atoms with Crippen LogP contribution < -0.4 is 0 Å². The normalized spacial score (nSPS) is 22.1. The number of allylic oxidation sites excluding steroid dienone is 2. The van der Waals surface area contributed by atoms with E-state index in [-0.39, 0.29) is 5.41 Å². The summed E-state index contributed by atoms with van der Waals surface area (Å²) in [4.78, 5) is 0. The first-order chi connectivity index (χ1) is 7.77. The zero-order valence-corrected chi connectivity index (χ0v) is 11.9. The van der Waals surface area contributed by atoms with E-state index in [4.69, 9.17) is 11.6 Å². The molecule has 2 rings (SSSR count). The summed E-state index contributed by atoms with van der Waals surface area (Å²) in [5.74, 6) is 0. The van der Waals surface area contributed by atoms with Crippen molar-refractivity contribution in [2.45, 2.75) is 40.5 Å². The number of halogens is 1. The molecule has 0 radical (unpaired) electrons. The number of rotatable bonds is 1. The summed E-state index contributed by atoms with van der Waals surface area (Å²) in [6, 6.07) is 8.21. The van der Waals surface area contributed by atoms with Gasteiger partial charge in [-0.15, -0.1) is 0 Å². The second-order valence-electron chi connectivity index (χ2n) is 6.69. The highest BCUT2D eigenvalue weighted by molar-refractivity contribution is 6.30. The van der Waals surface area contributed by atoms with Crippen molar-refractivity contribution in [1.29, 1.82) is 0 Å². The molecule has 0 aromatic heterocycles. The van der Waals surface area contributed by atoms with E-state index in [2.05, 4.69) is 45.9 Å². The number of benzene rings is 1. The molecule has 0 nitrogen and oxygen atoms in total. The van der Waals surface area contributed by atoms with E-state index in [0.29, 0.717) is 5.41 Å². The van der Waals surface area contributed by atoms with Gasteiger partial charge in [0.05, 0.1) is 0 Å². The van der Waals surface area contributed by atoms with E-state index in [1.807, 2.05) is 12.1 Å². The zero-order valence-electron chi connectivity index (χ0n) is 11.2. The van der Waals surface area contributed by atoms with Crippen LogP contribution >= 0.6 is 11.6 Å². The van der Waals surface area contributed by atoms with Crippen molar-refractivity contribution < 1.29 is 0 Å². The molecule has 0 N–H and O–H groups in total. The Morgan fingerprint density at radius 1 is 1.12 bits per heavy atom. The van der Waals surface area contributed by atoms with Crippen molar-refractivity contribution in [1.82, 2.24) is 0 Å². The number of hydrogen-bond acceptors (Lipinski definition) is 0. The lowest BCUT2D eigenvalue weighted by atomic mass is 9.66. The van der Waals surface area contributed by atoms with Gasteiger partial charge in [-0.1, -0.05) is 57.5 Å². The van der Waals surface area contributed by atoms with E-state index >= 15 is 0 Å². The summed E-state index contributed by atoms with van der Waals surface area (Å²) in [6.45, 7) is 9.34. The van der Waals surface area contributed by atoms with Crippen LogP contribution in [0, 0.1) is 10.8 Å². The predicted octanol–water partition coefficient (Wildman–Crippen LogP) is 5.57. The van der Waals surface area contributed by atoms with Gasteiger partial charge in [0, 0.05) is 5.02 Å². The third-order valence-electron chi connectivity index (χ3n) is 3.36. The van der Waals surface area contributed by atoms with E-state index in [1.54, 1.807) is 0 Å². The first kappa shape index (κ1) is 12.7. The molecule has 0 atom stereocenters. The van der Waals surface area contributed by atoms with Gasteiger partial charge in [0.1, 0.15) is 0 Å². The summed E-state index contributed by atoms with van der Waals surface area (Å²) < 4.78 is 0. The van der Waals surface area contributed by atoms with Gasteiger partial charge in [0.25, 0.3) is 0 Å². The molecular formula is C16H21Cl. The predicted molar refractivity (Wildman–Crippen MR) is 76.2 cm³/mol. The molecule has 0 spiro atoms. The molecule has 1 aromatic rings. The fraction of sp³-hybridized carbons (Fsp3) is 0.500. The maximum atomic E-state index is 6.08. The molecule has 0 bridgehead atoms. The Morgan fingerprint density at radius 2 is 1.82 bits per heavy atom. The van der Waals surface area contributed by atoms with E-state index < -0.39 is 0 Å². The molecule has 0 saturated carbocycles. The molecule has 0 fully saturated rings. The molecule has 0 saturated heterocycles. The SMILES string of the molecule is CC1(C)C=C(c2cccc(Cl)c2)CC(C)(C)C1. The lowest BCUT2D eigenvalue weighted by Crippen LogP contribution is -2.26. The van der Waals surface area contributed by atoms with Gasteiger partial charge in [-0.2, -0.15) is 0 Å². The fourth-order valence-corrected chi connectivity index (χ4v) is 3.45. The van der Waals surface area contributed by atoms with Crippen molar-refractivity contribution in [2.24, 2.45) is 10.8 Å². The molecule has 1 aliphatic rings. The second kappa shape index (κ2) is 4.17. The van der Waals surface area contributed by atoms with Crippen molar-refractivity contribution in [3.8, 4) is 0 Å². The Morgan fingerprint density at radius 3 is 2.41 bits per heavy atom. The van der Waals surface area contributed by atoms with Crippen LogP contribution in [0.1, 0.15) is 46.1 Å². The van der Waals surface area contributed by atoms with E-state index in [1.165, 1.54) is 17.6 Å². The molecule has 0 amide bonds. The van der Waals surface area contributed by atoms with Crippen molar-refractivity contribution in [3.05, 3.63) is 40.9 Å². The molecule has 92 valence electrons. The Labute approximate surface area is 110 Å². The highest BCUT2D eigenvalue weighted by atomic mass is 35.5. The molecule has 17 heavy (non-hydrogen) atoms. The van der Waals surface area contributed by atoms with Gasteiger partial charge >= 0.3 is 0 Å². The van der Waals surface area contributed by atoms with Crippen LogP contribution in [-0.4, -0.2) is 0 Å². The average Bonchev–Trinajstić information content (AvgIpc) is 2.12.